The number of carboxylic acid groups (broad SMARTS) is 1. The van der Waals surface area contributed by atoms with Crippen LogP contribution in [0, 0.1) is 11.8 Å². The van der Waals surface area contributed by atoms with Crippen LogP contribution in [0.1, 0.15) is 38.5 Å². The maximum absolute atomic E-state index is 11.8. The number of hydrogen-bond acceptors (Lipinski definition) is 5. The molecule has 116 valence electrons. The molecule has 0 aromatic heterocycles. The average Bonchev–Trinajstić information content (AvgIpc) is 2.36. The van der Waals surface area contributed by atoms with E-state index in [1.807, 2.05) is 0 Å². The van der Waals surface area contributed by atoms with Gasteiger partial charge in [0.05, 0.1) is 24.2 Å². The third-order valence-corrected chi connectivity index (χ3v) is 4.23. The number of hydrogen-bond donors (Lipinski definition) is 2. The van der Waals surface area contributed by atoms with Crippen molar-refractivity contribution in [3.8, 4) is 0 Å². The Morgan fingerprint density at radius 3 is 2.25 bits per heavy atom. The zero-order valence-electron chi connectivity index (χ0n) is 11.2. The molecule has 0 aromatic rings. The second-order valence-corrected chi connectivity index (χ2v) is 6.57. The van der Waals surface area contributed by atoms with Gasteiger partial charge in [-0.05, 0) is 25.7 Å². The number of carbonyl (C=O) groups is 2. The Kier molecular flexibility index (Phi) is 6.41. The minimum Gasteiger partial charge on any atom is -0.481 e. The minimum absolute atomic E-state index is 0.0389. The first-order chi connectivity index (χ1) is 9.31. The van der Waals surface area contributed by atoms with Crippen LogP contribution in [0.3, 0.4) is 0 Å². The predicted octanol–water partition coefficient (Wildman–Crippen LogP) is 1.09. The van der Waals surface area contributed by atoms with Crippen LogP contribution in [0.2, 0.25) is 0 Å². The summed E-state index contributed by atoms with van der Waals surface area (Å²) < 4.78 is 34.5. The van der Waals surface area contributed by atoms with Gasteiger partial charge in [0.1, 0.15) is 0 Å². The average molecular weight is 308 g/mol. The molecule has 2 unspecified atom stereocenters. The summed E-state index contributed by atoms with van der Waals surface area (Å²) in [7, 11) is -3.98. The first-order valence-corrected chi connectivity index (χ1v) is 8.27. The highest BCUT2D eigenvalue weighted by atomic mass is 32.2. The molecule has 0 aromatic carbocycles. The first kappa shape index (κ1) is 16.9. The zero-order valence-corrected chi connectivity index (χ0v) is 12.0. The van der Waals surface area contributed by atoms with Crippen molar-refractivity contribution >= 4 is 22.1 Å². The normalized spacial score (nSPS) is 23.2. The lowest BCUT2D eigenvalue weighted by Crippen LogP contribution is -2.34. The smallest absolute Gasteiger partial charge is 0.309 e. The molecule has 2 N–H and O–H groups in total. The van der Waals surface area contributed by atoms with Gasteiger partial charge in [-0.25, -0.2) is 0 Å². The van der Waals surface area contributed by atoms with Gasteiger partial charge >= 0.3 is 11.9 Å². The second-order valence-electron chi connectivity index (χ2n) is 5.00. The highest BCUT2D eigenvalue weighted by Gasteiger charge is 2.36. The second kappa shape index (κ2) is 7.58. The molecule has 20 heavy (non-hydrogen) atoms. The van der Waals surface area contributed by atoms with Crippen LogP contribution in [0.5, 0.6) is 0 Å². The van der Waals surface area contributed by atoms with E-state index in [-0.39, 0.29) is 18.8 Å². The third-order valence-electron chi connectivity index (χ3n) is 3.43. The van der Waals surface area contributed by atoms with E-state index in [0.717, 1.165) is 12.8 Å². The maximum atomic E-state index is 11.8. The molecular formula is C12H20O7S. The van der Waals surface area contributed by atoms with Crippen LogP contribution in [0.4, 0.5) is 0 Å². The largest absolute Gasteiger partial charge is 0.481 e. The summed E-state index contributed by atoms with van der Waals surface area (Å²) in [6, 6.07) is 0. The van der Waals surface area contributed by atoms with Crippen molar-refractivity contribution in [3.05, 3.63) is 0 Å². The van der Waals surface area contributed by atoms with Crippen LogP contribution in [-0.4, -0.2) is 42.4 Å². The topological polar surface area (TPSA) is 118 Å². The van der Waals surface area contributed by atoms with Gasteiger partial charge in [-0.3, -0.25) is 14.1 Å². The Hall–Kier alpha value is -1.15. The molecule has 1 fully saturated rings. The Morgan fingerprint density at radius 2 is 1.70 bits per heavy atom. The van der Waals surface area contributed by atoms with Gasteiger partial charge in [-0.1, -0.05) is 12.8 Å². The molecular weight excluding hydrogens is 288 g/mol. The lowest BCUT2D eigenvalue weighted by molar-refractivity contribution is -0.159. The lowest BCUT2D eigenvalue weighted by Gasteiger charge is -2.26. The molecule has 1 rings (SSSR count). The summed E-state index contributed by atoms with van der Waals surface area (Å²) in [5.41, 5.74) is 0. The van der Waals surface area contributed by atoms with Gasteiger partial charge in [0.2, 0.25) is 0 Å². The molecule has 1 saturated carbocycles. The standard InChI is InChI=1S/C12H20O7S/c13-11(14)9-5-1-2-6-10(9)12(15)19-7-3-4-8-20(16,17)18/h9-10H,1-8H2,(H,13,14)(H,16,17,18). The van der Waals surface area contributed by atoms with Gasteiger partial charge in [0.25, 0.3) is 10.1 Å². The van der Waals surface area contributed by atoms with Gasteiger partial charge in [-0.2, -0.15) is 8.42 Å². The highest BCUT2D eigenvalue weighted by molar-refractivity contribution is 7.85. The van der Waals surface area contributed by atoms with Gasteiger partial charge in [0, 0.05) is 0 Å². The molecule has 0 amide bonds. The summed E-state index contributed by atoms with van der Waals surface area (Å²) in [4.78, 5) is 22.9. The summed E-state index contributed by atoms with van der Waals surface area (Å²) in [6.45, 7) is 0.0389. The molecule has 0 aliphatic heterocycles. The molecule has 0 radical (unpaired) electrons. The Morgan fingerprint density at radius 1 is 1.10 bits per heavy atom. The number of esters is 1. The van der Waals surface area contributed by atoms with Crippen molar-refractivity contribution in [1.29, 1.82) is 0 Å². The monoisotopic (exact) mass is 308 g/mol. The fourth-order valence-electron chi connectivity index (χ4n) is 2.37. The summed E-state index contributed by atoms with van der Waals surface area (Å²) in [5, 5.41) is 9.05. The number of aliphatic carboxylic acids is 1. The van der Waals surface area contributed by atoms with Crippen LogP contribution in [0.25, 0.3) is 0 Å². The number of carboxylic acids is 1. The van der Waals surface area contributed by atoms with E-state index < -0.39 is 33.9 Å². The van der Waals surface area contributed by atoms with Gasteiger partial charge in [-0.15, -0.1) is 0 Å². The van der Waals surface area contributed by atoms with Crippen LogP contribution >= 0.6 is 0 Å². The Bertz CT molecular complexity index is 443. The Labute approximate surface area is 118 Å². The van der Waals surface area contributed by atoms with Crippen LogP contribution in [-0.2, 0) is 24.4 Å². The molecule has 1 aliphatic rings. The molecule has 0 heterocycles. The fourth-order valence-corrected chi connectivity index (χ4v) is 2.94. The van der Waals surface area contributed by atoms with Crippen molar-refractivity contribution < 1.29 is 32.4 Å². The molecule has 2 atom stereocenters. The quantitative estimate of drug-likeness (QED) is 0.410. The predicted molar refractivity (Wildman–Crippen MR) is 69.7 cm³/mol. The van der Waals surface area contributed by atoms with E-state index in [9.17, 15) is 18.0 Å². The van der Waals surface area contributed by atoms with Crippen molar-refractivity contribution in [2.24, 2.45) is 11.8 Å². The van der Waals surface area contributed by atoms with Gasteiger partial charge < -0.3 is 9.84 Å². The summed E-state index contributed by atoms with van der Waals surface area (Å²) >= 11 is 0. The van der Waals surface area contributed by atoms with E-state index >= 15 is 0 Å². The fraction of sp³-hybridized carbons (Fsp3) is 0.833. The lowest BCUT2D eigenvalue weighted by atomic mass is 9.79. The van der Waals surface area contributed by atoms with Crippen molar-refractivity contribution in [3.63, 3.8) is 0 Å². The van der Waals surface area contributed by atoms with E-state index in [1.165, 1.54) is 0 Å². The molecule has 8 heteroatoms. The number of rotatable bonds is 7. The van der Waals surface area contributed by atoms with Crippen LogP contribution < -0.4 is 0 Å². The van der Waals surface area contributed by atoms with Crippen molar-refractivity contribution in [2.75, 3.05) is 12.4 Å². The Balaban J connectivity index is 2.32. The van der Waals surface area contributed by atoms with Crippen LogP contribution in [0.15, 0.2) is 0 Å². The number of ether oxygens (including phenoxy) is 1. The highest BCUT2D eigenvalue weighted by Crippen LogP contribution is 2.31. The molecule has 1 aliphatic carbocycles. The van der Waals surface area contributed by atoms with E-state index in [4.69, 9.17) is 14.4 Å². The zero-order chi connectivity index (χ0) is 15.2. The van der Waals surface area contributed by atoms with E-state index in [2.05, 4.69) is 0 Å². The minimum atomic E-state index is -3.98. The summed E-state index contributed by atoms with van der Waals surface area (Å²) in [5.74, 6) is -3.16. The SMILES string of the molecule is O=C(O)C1CCCCC1C(=O)OCCCCS(=O)(=O)O. The van der Waals surface area contributed by atoms with E-state index in [0.29, 0.717) is 19.3 Å². The molecule has 0 bridgehead atoms. The number of carbonyl (C=O) groups excluding carboxylic acids is 1. The van der Waals surface area contributed by atoms with Crippen molar-refractivity contribution in [2.45, 2.75) is 38.5 Å². The number of unbranched alkanes of at least 4 members (excludes halogenated alkanes) is 1. The molecule has 0 saturated heterocycles. The van der Waals surface area contributed by atoms with Crippen molar-refractivity contribution in [1.82, 2.24) is 0 Å². The van der Waals surface area contributed by atoms with E-state index in [1.54, 1.807) is 0 Å². The molecule has 0 spiro atoms. The van der Waals surface area contributed by atoms with Gasteiger partial charge in [0.15, 0.2) is 0 Å². The molecule has 7 nitrogen and oxygen atoms in total. The summed E-state index contributed by atoms with van der Waals surface area (Å²) in [6.07, 6.45) is 3.12. The first-order valence-electron chi connectivity index (χ1n) is 6.66. The maximum Gasteiger partial charge on any atom is 0.309 e. The third kappa shape index (κ3) is 5.87.